The van der Waals surface area contributed by atoms with Crippen LogP contribution in [0.2, 0.25) is 15.1 Å². The second kappa shape index (κ2) is 9.41. The number of aliphatic hydroxyl groups is 1. The topological polar surface area (TPSA) is 99.0 Å². The van der Waals surface area contributed by atoms with Crippen molar-refractivity contribution >= 4 is 34.8 Å². The summed E-state index contributed by atoms with van der Waals surface area (Å²) in [5.41, 5.74) is -0.225. The number of hydrogen-bond donors (Lipinski definition) is 1. The van der Waals surface area contributed by atoms with Gasteiger partial charge in [-0.2, -0.15) is 18.2 Å². The van der Waals surface area contributed by atoms with Crippen LogP contribution >= 0.6 is 34.8 Å². The van der Waals surface area contributed by atoms with Crippen LogP contribution in [0, 0.1) is 0 Å². The Morgan fingerprint density at radius 2 is 1.79 bits per heavy atom. The summed E-state index contributed by atoms with van der Waals surface area (Å²) in [6, 6.07) is 10.8. The van der Waals surface area contributed by atoms with Crippen molar-refractivity contribution in [2.75, 3.05) is 0 Å². The molecular weight excluding hydrogens is 522 g/mol. The summed E-state index contributed by atoms with van der Waals surface area (Å²) in [6.07, 6.45) is -7.72. The smallest absolute Gasteiger partial charge is 0.382 e. The van der Waals surface area contributed by atoms with E-state index < -0.39 is 24.5 Å². The van der Waals surface area contributed by atoms with Crippen molar-refractivity contribution in [2.24, 2.45) is 0 Å². The third kappa shape index (κ3) is 4.97. The number of nitrogens with zero attached hydrogens (tertiary/aromatic N) is 5. The molecule has 0 radical (unpaired) electrons. The fourth-order valence-corrected chi connectivity index (χ4v) is 3.54. The van der Waals surface area contributed by atoms with Crippen molar-refractivity contribution in [3.8, 4) is 22.8 Å². The highest BCUT2D eigenvalue weighted by atomic mass is 35.5. The van der Waals surface area contributed by atoms with Crippen molar-refractivity contribution in [2.45, 2.75) is 25.4 Å². The molecule has 0 aliphatic rings. The van der Waals surface area contributed by atoms with Crippen molar-refractivity contribution in [1.82, 2.24) is 24.5 Å². The maximum Gasteiger partial charge on any atom is 0.416 e. The molecule has 4 aromatic rings. The normalized spacial score (nSPS) is 12.8. The third-order valence-electron chi connectivity index (χ3n) is 4.70. The fraction of sp³-hybridized carbons (Fsp3) is 0.200. The van der Waals surface area contributed by atoms with Crippen LogP contribution in [0.25, 0.3) is 22.8 Å². The van der Waals surface area contributed by atoms with Crippen LogP contribution < -0.4 is 5.69 Å². The van der Waals surface area contributed by atoms with E-state index in [9.17, 15) is 23.1 Å². The van der Waals surface area contributed by atoms with Gasteiger partial charge in [0.15, 0.2) is 11.9 Å². The highest BCUT2D eigenvalue weighted by molar-refractivity contribution is 6.43. The Kier molecular flexibility index (Phi) is 6.72. The van der Waals surface area contributed by atoms with Crippen LogP contribution in [0.15, 0.2) is 51.8 Å². The lowest BCUT2D eigenvalue weighted by Gasteiger charge is -2.15. The summed E-state index contributed by atoms with van der Waals surface area (Å²) >= 11 is 18.0. The molecule has 0 fully saturated rings. The maximum atomic E-state index is 13.0. The van der Waals surface area contributed by atoms with E-state index in [0.29, 0.717) is 20.7 Å². The lowest BCUT2D eigenvalue weighted by Crippen LogP contribution is -2.37. The lowest BCUT2D eigenvalue weighted by molar-refractivity contribution is -0.207. The Bertz CT molecular complexity index is 1380. The summed E-state index contributed by atoms with van der Waals surface area (Å²) in [5.74, 6) is -0.0696. The Balaban J connectivity index is 1.71. The van der Waals surface area contributed by atoms with E-state index in [1.54, 1.807) is 18.2 Å². The summed E-state index contributed by atoms with van der Waals surface area (Å²) in [7, 11) is 0. The molecule has 1 N–H and O–H groups in total. The summed E-state index contributed by atoms with van der Waals surface area (Å²) in [4.78, 5) is 17.1. The summed E-state index contributed by atoms with van der Waals surface area (Å²) in [6.45, 7) is -1.41. The molecule has 2 aromatic carbocycles. The van der Waals surface area contributed by atoms with Crippen LogP contribution in [-0.2, 0) is 13.1 Å². The summed E-state index contributed by atoms with van der Waals surface area (Å²) < 4.78 is 45.6. The van der Waals surface area contributed by atoms with Crippen LogP contribution in [0.5, 0.6) is 0 Å². The van der Waals surface area contributed by atoms with Gasteiger partial charge in [0.2, 0.25) is 11.7 Å². The molecule has 0 unspecified atom stereocenters. The van der Waals surface area contributed by atoms with Crippen molar-refractivity contribution in [3.63, 3.8) is 0 Å². The molecule has 0 aliphatic heterocycles. The zero-order valence-corrected chi connectivity index (χ0v) is 19.1. The SMILES string of the molecule is O=c1n(Cc2nc(-c3cccc(Cl)c3Cl)no2)nc(-c2ccc(Cl)cc2)n1C[C@H](O)C(F)(F)F. The molecule has 0 saturated carbocycles. The highest BCUT2D eigenvalue weighted by Gasteiger charge is 2.39. The molecule has 2 heterocycles. The van der Waals surface area contributed by atoms with E-state index in [0.717, 1.165) is 4.68 Å². The Hall–Kier alpha value is -2.86. The quantitative estimate of drug-likeness (QED) is 0.385. The molecule has 2 aromatic heterocycles. The number of benzene rings is 2. The van der Waals surface area contributed by atoms with Gasteiger partial charge < -0.3 is 9.63 Å². The molecule has 0 bridgehead atoms. The zero-order valence-electron chi connectivity index (χ0n) is 16.8. The molecule has 14 heteroatoms. The van der Waals surface area contributed by atoms with E-state index in [1.807, 2.05) is 0 Å². The van der Waals surface area contributed by atoms with Gasteiger partial charge in [-0.15, -0.1) is 5.10 Å². The first-order valence-corrected chi connectivity index (χ1v) is 10.6. The van der Waals surface area contributed by atoms with Gasteiger partial charge in [-0.05, 0) is 36.4 Å². The molecular formula is C20H13Cl3F3N5O3. The first kappa shape index (κ1) is 24.3. The summed E-state index contributed by atoms with van der Waals surface area (Å²) in [5, 5.41) is 18.3. The number of hydrogen-bond acceptors (Lipinski definition) is 6. The maximum absolute atomic E-state index is 13.0. The molecule has 0 amide bonds. The minimum absolute atomic E-state index is 0.0585. The largest absolute Gasteiger partial charge is 0.416 e. The van der Waals surface area contributed by atoms with E-state index in [4.69, 9.17) is 39.3 Å². The van der Waals surface area contributed by atoms with Crippen LogP contribution in [0.1, 0.15) is 5.89 Å². The van der Waals surface area contributed by atoms with Crippen molar-refractivity contribution < 1.29 is 22.8 Å². The predicted molar refractivity (Wildman–Crippen MR) is 118 cm³/mol. The van der Waals surface area contributed by atoms with Gasteiger partial charge in [-0.1, -0.05) is 46.0 Å². The molecule has 34 heavy (non-hydrogen) atoms. The van der Waals surface area contributed by atoms with E-state index in [1.165, 1.54) is 24.3 Å². The Morgan fingerprint density at radius 1 is 1.09 bits per heavy atom. The molecule has 4 rings (SSSR count). The first-order chi connectivity index (χ1) is 16.0. The van der Waals surface area contributed by atoms with Crippen molar-refractivity contribution in [1.29, 1.82) is 0 Å². The monoisotopic (exact) mass is 533 g/mol. The number of rotatable bonds is 6. The zero-order chi connectivity index (χ0) is 24.6. The van der Waals surface area contributed by atoms with Gasteiger partial charge in [-0.25, -0.2) is 9.48 Å². The predicted octanol–water partition coefficient (Wildman–Crippen LogP) is 4.69. The first-order valence-electron chi connectivity index (χ1n) is 9.50. The number of alkyl halides is 3. The molecule has 1 atom stereocenters. The van der Waals surface area contributed by atoms with Gasteiger partial charge >= 0.3 is 11.9 Å². The van der Waals surface area contributed by atoms with E-state index in [2.05, 4.69) is 15.2 Å². The average Bonchev–Trinajstić information content (AvgIpc) is 3.36. The minimum Gasteiger partial charge on any atom is -0.382 e. The third-order valence-corrected chi connectivity index (χ3v) is 5.78. The number of halogens is 6. The molecule has 0 saturated heterocycles. The second-order valence-corrected chi connectivity index (χ2v) is 8.27. The molecule has 0 spiro atoms. The highest BCUT2D eigenvalue weighted by Crippen LogP contribution is 2.32. The van der Waals surface area contributed by atoms with Gasteiger partial charge in [0.25, 0.3) is 0 Å². The molecule has 178 valence electrons. The Morgan fingerprint density at radius 3 is 2.47 bits per heavy atom. The standard InChI is InChI=1S/C20H13Cl3F3N5O3/c21-11-6-4-10(5-7-11)18-28-31(19(33)30(18)8-14(32)20(24,25)26)9-15-27-17(29-34-15)12-2-1-3-13(22)16(12)23/h1-7,14,32H,8-9H2/t14-/m0/s1. The van der Waals surface area contributed by atoms with Crippen molar-refractivity contribution in [3.05, 3.63) is 73.9 Å². The van der Waals surface area contributed by atoms with E-state index >= 15 is 0 Å². The van der Waals surface area contributed by atoms with Gasteiger partial charge in [-0.3, -0.25) is 4.57 Å². The van der Waals surface area contributed by atoms with Crippen LogP contribution in [-0.4, -0.2) is 41.9 Å². The Labute approximate surface area is 204 Å². The lowest BCUT2D eigenvalue weighted by atomic mass is 10.2. The molecule has 0 aliphatic carbocycles. The van der Waals surface area contributed by atoms with E-state index in [-0.39, 0.29) is 34.1 Å². The molecule has 8 nitrogen and oxygen atoms in total. The van der Waals surface area contributed by atoms with Gasteiger partial charge in [0.05, 0.1) is 16.6 Å². The second-order valence-electron chi connectivity index (χ2n) is 7.05. The number of aromatic nitrogens is 5. The number of aliphatic hydroxyl groups excluding tert-OH is 1. The minimum atomic E-state index is -4.93. The van der Waals surface area contributed by atoms with Crippen LogP contribution in [0.4, 0.5) is 13.2 Å². The van der Waals surface area contributed by atoms with Gasteiger partial charge in [0.1, 0.15) is 6.54 Å². The average molecular weight is 535 g/mol. The van der Waals surface area contributed by atoms with Crippen LogP contribution in [0.3, 0.4) is 0 Å². The van der Waals surface area contributed by atoms with Gasteiger partial charge in [0, 0.05) is 16.1 Å². The fourth-order valence-electron chi connectivity index (χ4n) is 3.03.